The van der Waals surface area contributed by atoms with Gasteiger partial charge in [0.15, 0.2) is 6.61 Å². The lowest BCUT2D eigenvalue weighted by molar-refractivity contribution is -0.119. The third-order valence-electron chi connectivity index (χ3n) is 4.19. The predicted octanol–water partition coefficient (Wildman–Crippen LogP) is 4.79. The van der Waals surface area contributed by atoms with E-state index in [-0.39, 0.29) is 12.5 Å². The Labute approximate surface area is 168 Å². The minimum absolute atomic E-state index is 0.332. The highest BCUT2D eigenvalue weighted by Crippen LogP contribution is 2.21. The van der Waals surface area contributed by atoms with Crippen molar-refractivity contribution in [3.63, 3.8) is 0 Å². The van der Waals surface area contributed by atoms with Crippen LogP contribution in [-0.2, 0) is 16.0 Å². The van der Waals surface area contributed by atoms with Crippen LogP contribution < -0.4 is 5.32 Å². The lowest BCUT2D eigenvalue weighted by Crippen LogP contribution is -2.21. The fraction of sp³-hybridized carbons (Fsp3) is 0.130. The minimum Gasteiger partial charge on any atom is -0.452 e. The van der Waals surface area contributed by atoms with E-state index in [4.69, 9.17) is 4.74 Å². The molecular formula is C23H21NO3S. The van der Waals surface area contributed by atoms with Crippen LogP contribution in [0.15, 0.2) is 83.8 Å². The molecule has 0 aliphatic heterocycles. The van der Waals surface area contributed by atoms with Gasteiger partial charge in [-0.1, -0.05) is 60.7 Å². The minimum atomic E-state index is -0.502. The monoisotopic (exact) mass is 391 g/mol. The van der Waals surface area contributed by atoms with Crippen LogP contribution in [-0.4, -0.2) is 24.7 Å². The second kappa shape index (κ2) is 9.76. The van der Waals surface area contributed by atoms with Gasteiger partial charge in [0.2, 0.25) is 0 Å². The molecule has 4 nitrogen and oxygen atoms in total. The van der Waals surface area contributed by atoms with E-state index in [1.54, 1.807) is 12.1 Å². The molecule has 0 radical (unpaired) electrons. The molecule has 0 fully saturated rings. The van der Waals surface area contributed by atoms with Gasteiger partial charge in [-0.3, -0.25) is 4.79 Å². The molecule has 28 heavy (non-hydrogen) atoms. The van der Waals surface area contributed by atoms with Crippen molar-refractivity contribution in [1.29, 1.82) is 0 Å². The normalized spacial score (nSPS) is 10.3. The standard InChI is InChI=1S/C23H21NO3S/c1-28-21-14-8-6-12-19(21)23(26)27-16-22(25)24-20-13-7-5-11-18(20)15-17-9-3-2-4-10-17/h2-14H,15-16H2,1H3,(H,24,25). The number of hydrogen-bond donors (Lipinski definition) is 1. The van der Waals surface area contributed by atoms with Crippen molar-refractivity contribution in [1.82, 2.24) is 0 Å². The Kier molecular flexibility index (Phi) is 6.87. The molecule has 3 rings (SSSR count). The number of rotatable bonds is 7. The van der Waals surface area contributed by atoms with Gasteiger partial charge in [-0.25, -0.2) is 4.79 Å². The first-order chi connectivity index (χ1) is 13.7. The Morgan fingerprint density at radius 3 is 2.36 bits per heavy atom. The zero-order valence-corrected chi connectivity index (χ0v) is 16.4. The third kappa shape index (κ3) is 5.24. The summed E-state index contributed by atoms with van der Waals surface area (Å²) in [6.45, 7) is -0.332. The molecule has 0 aliphatic rings. The average molecular weight is 391 g/mol. The number of nitrogens with one attached hydrogen (secondary N) is 1. The molecule has 0 aliphatic carbocycles. The summed E-state index contributed by atoms with van der Waals surface area (Å²) >= 11 is 1.46. The molecule has 0 bridgehead atoms. The Bertz CT molecular complexity index is 957. The number of ether oxygens (including phenoxy) is 1. The number of esters is 1. The van der Waals surface area contributed by atoms with Crippen LogP contribution in [0.4, 0.5) is 5.69 Å². The molecular weight excluding hydrogens is 370 g/mol. The van der Waals surface area contributed by atoms with Crippen LogP contribution in [0.25, 0.3) is 0 Å². The van der Waals surface area contributed by atoms with Crippen LogP contribution in [0.1, 0.15) is 21.5 Å². The molecule has 1 N–H and O–H groups in total. The molecule has 0 atom stereocenters. The van der Waals surface area contributed by atoms with Crippen molar-refractivity contribution in [2.45, 2.75) is 11.3 Å². The highest BCUT2D eigenvalue weighted by Gasteiger charge is 2.14. The van der Waals surface area contributed by atoms with Crippen molar-refractivity contribution >= 4 is 29.3 Å². The molecule has 5 heteroatoms. The molecule has 0 heterocycles. The highest BCUT2D eigenvalue weighted by atomic mass is 32.2. The zero-order valence-electron chi connectivity index (χ0n) is 15.6. The summed E-state index contributed by atoms with van der Waals surface area (Å²) in [6, 6.07) is 24.8. The van der Waals surface area contributed by atoms with Gasteiger partial charge in [-0.15, -0.1) is 11.8 Å². The van der Waals surface area contributed by atoms with E-state index in [1.807, 2.05) is 73.0 Å². The number of carbonyl (C=O) groups excluding carboxylic acids is 2. The van der Waals surface area contributed by atoms with Crippen LogP contribution in [0.2, 0.25) is 0 Å². The average Bonchev–Trinajstić information content (AvgIpc) is 2.74. The summed E-state index contributed by atoms with van der Waals surface area (Å²) in [5, 5.41) is 2.84. The number of carbonyl (C=O) groups is 2. The molecule has 142 valence electrons. The van der Waals surface area contributed by atoms with Crippen LogP contribution in [0, 0.1) is 0 Å². The smallest absolute Gasteiger partial charge is 0.339 e. The largest absolute Gasteiger partial charge is 0.452 e. The molecule has 0 spiro atoms. The van der Waals surface area contributed by atoms with Gasteiger partial charge in [0.1, 0.15) is 0 Å². The lowest BCUT2D eigenvalue weighted by atomic mass is 10.0. The Balaban J connectivity index is 1.62. The van der Waals surface area contributed by atoms with Gasteiger partial charge >= 0.3 is 5.97 Å². The highest BCUT2D eigenvalue weighted by molar-refractivity contribution is 7.98. The van der Waals surface area contributed by atoms with Crippen LogP contribution in [0.3, 0.4) is 0 Å². The topological polar surface area (TPSA) is 55.4 Å². The van der Waals surface area contributed by atoms with Crippen LogP contribution >= 0.6 is 11.8 Å². The maximum atomic E-state index is 12.3. The van der Waals surface area contributed by atoms with Crippen molar-refractivity contribution in [2.75, 3.05) is 18.2 Å². The quantitative estimate of drug-likeness (QED) is 0.465. The predicted molar refractivity (Wildman–Crippen MR) is 113 cm³/mol. The van der Waals surface area contributed by atoms with E-state index in [1.165, 1.54) is 11.8 Å². The number of thioether (sulfide) groups is 1. The van der Waals surface area contributed by atoms with Crippen molar-refractivity contribution < 1.29 is 14.3 Å². The molecule has 3 aromatic carbocycles. The fourth-order valence-corrected chi connectivity index (χ4v) is 3.41. The molecule has 1 amide bonds. The van der Waals surface area contributed by atoms with E-state index in [2.05, 4.69) is 5.32 Å². The number of anilines is 1. The van der Waals surface area contributed by atoms with Crippen molar-refractivity contribution in [3.05, 3.63) is 95.6 Å². The van der Waals surface area contributed by atoms with Gasteiger partial charge in [-0.05, 0) is 42.0 Å². The number of hydrogen-bond acceptors (Lipinski definition) is 4. The third-order valence-corrected chi connectivity index (χ3v) is 4.99. The molecule has 0 aromatic heterocycles. The number of benzene rings is 3. The van der Waals surface area contributed by atoms with Gasteiger partial charge < -0.3 is 10.1 Å². The maximum absolute atomic E-state index is 12.3. The maximum Gasteiger partial charge on any atom is 0.339 e. The molecule has 3 aromatic rings. The first-order valence-corrected chi connectivity index (χ1v) is 10.1. The van der Waals surface area contributed by atoms with Crippen molar-refractivity contribution in [2.24, 2.45) is 0 Å². The molecule has 0 saturated carbocycles. The molecule has 0 saturated heterocycles. The summed E-state index contributed by atoms with van der Waals surface area (Å²) in [5.41, 5.74) is 3.34. The number of para-hydroxylation sites is 1. The zero-order chi connectivity index (χ0) is 19.8. The van der Waals surface area contributed by atoms with Gasteiger partial charge in [0.05, 0.1) is 5.56 Å². The SMILES string of the molecule is CSc1ccccc1C(=O)OCC(=O)Nc1ccccc1Cc1ccccc1. The fourth-order valence-electron chi connectivity index (χ4n) is 2.82. The van der Waals surface area contributed by atoms with Gasteiger partial charge in [-0.2, -0.15) is 0 Å². The second-order valence-corrected chi connectivity index (χ2v) is 6.99. The lowest BCUT2D eigenvalue weighted by Gasteiger charge is -2.12. The van der Waals surface area contributed by atoms with E-state index in [0.29, 0.717) is 12.0 Å². The summed E-state index contributed by atoms with van der Waals surface area (Å²) in [5.74, 6) is -0.867. The summed E-state index contributed by atoms with van der Waals surface area (Å²) in [6.07, 6.45) is 2.60. The Morgan fingerprint density at radius 2 is 1.57 bits per heavy atom. The Hall–Kier alpha value is -3.05. The van der Waals surface area contributed by atoms with E-state index < -0.39 is 5.97 Å². The van der Waals surface area contributed by atoms with Gasteiger partial charge in [0.25, 0.3) is 5.91 Å². The first-order valence-electron chi connectivity index (χ1n) is 8.89. The van der Waals surface area contributed by atoms with Crippen LogP contribution in [0.5, 0.6) is 0 Å². The van der Waals surface area contributed by atoms with Gasteiger partial charge in [0, 0.05) is 10.6 Å². The number of amides is 1. The summed E-state index contributed by atoms with van der Waals surface area (Å²) < 4.78 is 5.20. The van der Waals surface area contributed by atoms with E-state index in [0.717, 1.165) is 21.7 Å². The summed E-state index contributed by atoms with van der Waals surface area (Å²) in [7, 11) is 0. The Morgan fingerprint density at radius 1 is 0.893 bits per heavy atom. The summed E-state index contributed by atoms with van der Waals surface area (Å²) in [4.78, 5) is 25.4. The van der Waals surface area contributed by atoms with E-state index in [9.17, 15) is 9.59 Å². The van der Waals surface area contributed by atoms with E-state index >= 15 is 0 Å². The van der Waals surface area contributed by atoms with Crippen molar-refractivity contribution in [3.8, 4) is 0 Å². The molecule has 0 unspecified atom stereocenters. The second-order valence-electron chi connectivity index (χ2n) is 6.14. The first kappa shape index (κ1) is 19.7.